The molecule has 2 aliphatic heterocycles. The van der Waals surface area contributed by atoms with Gasteiger partial charge >= 0.3 is 6.03 Å². The molecule has 0 radical (unpaired) electrons. The molecule has 0 bridgehead atoms. The first kappa shape index (κ1) is 27.7. The zero-order valence-corrected chi connectivity index (χ0v) is 20.1. The molecule has 2 aliphatic rings. The number of carbonyl (C=O) groups excluding carboxylic acids is 1. The predicted molar refractivity (Wildman–Crippen MR) is 127 cm³/mol. The van der Waals surface area contributed by atoms with Gasteiger partial charge in [-0.3, -0.25) is 0 Å². The molecule has 11 heteroatoms. The van der Waals surface area contributed by atoms with E-state index in [0.717, 1.165) is 12.1 Å². The lowest BCUT2D eigenvalue weighted by atomic mass is 9.96. The number of halogens is 4. The van der Waals surface area contributed by atoms with E-state index in [9.17, 15) is 22.4 Å². The molecule has 0 aromatic heterocycles. The Morgan fingerprint density at radius 1 is 1.15 bits per heavy atom. The number of hydroxylamine groups is 1. The van der Waals surface area contributed by atoms with E-state index in [1.807, 2.05) is 13.8 Å². The van der Waals surface area contributed by atoms with E-state index < -0.39 is 42.2 Å². The zero-order valence-electron chi connectivity index (χ0n) is 19.2. The summed E-state index contributed by atoms with van der Waals surface area (Å²) in [6.07, 6.45) is 0.176. The number of nitrogens with two attached hydrogens (primary N) is 1. The Balaban J connectivity index is 0.000000970. The number of rotatable bonds is 2. The van der Waals surface area contributed by atoms with E-state index in [0.29, 0.717) is 11.3 Å². The molecule has 2 atom stereocenters. The lowest BCUT2D eigenvalue weighted by molar-refractivity contribution is -0.0289. The Hall–Kier alpha value is -2.50. The van der Waals surface area contributed by atoms with E-state index >= 15 is 0 Å². The fraction of sp³-hybridized carbons (Fsp3) is 0.435. The van der Waals surface area contributed by atoms with Crippen LogP contribution in [0.5, 0.6) is 5.75 Å². The van der Waals surface area contributed by atoms with Crippen molar-refractivity contribution < 1.29 is 27.2 Å². The second kappa shape index (κ2) is 12.3. The fourth-order valence-electron chi connectivity index (χ4n) is 3.69. The maximum atomic E-state index is 14.4. The molecule has 1 saturated heterocycles. The van der Waals surface area contributed by atoms with Gasteiger partial charge in [0.05, 0.1) is 11.6 Å². The van der Waals surface area contributed by atoms with Crippen LogP contribution in [-0.2, 0) is 0 Å². The van der Waals surface area contributed by atoms with Crippen LogP contribution >= 0.6 is 12.6 Å². The molecule has 188 valence electrons. The monoisotopic (exact) mass is 502 g/mol. The van der Waals surface area contributed by atoms with Gasteiger partial charge in [-0.05, 0) is 36.4 Å². The summed E-state index contributed by atoms with van der Waals surface area (Å²) in [6, 6.07) is 6.26. The van der Waals surface area contributed by atoms with Crippen LogP contribution in [0, 0.1) is 11.6 Å². The van der Waals surface area contributed by atoms with Crippen molar-refractivity contribution in [2.75, 3.05) is 19.3 Å². The van der Waals surface area contributed by atoms with Crippen molar-refractivity contribution in [2.45, 2.75) is 44.8 Å². The molecule has 0 saturated carbocycles. The summed E-state index contributed by atoms with van der Waals surface area (Å²) in [5, 5.41) is 2.64. The molecule has 2 heterocycles. The molecule has 2 amide bonds. The van der Waals surface area contributed by atoms with Crippen molar-refractivity contribution in [2.24, 2.45) is 5.73 Å². The molecule has 6 nitrogen and oxygen atoms in total. The number of nitrogens with zero attached hydrogens (tertiary/aromatic N) is 1. The summed E-state index contributed by atoms with van der Waals surface area (Å²) in [4.78, 5) is 19.3. The highest BCUT2D eigenvalue weighted by Gasteiger charge is 2.40. The molecule has 1 unspecified atom stereocenters. The third kappa shape index (κ3) is 5.94. The average Bonchev–Trinajstić information content (AvgIpc) is 3.18. The second-order valence-electron chi connectivity index (χ2n) is 7.31. The topological polar surface area (TPSA) is 79.6 Å². The minimum Gasteiger partial charge on any atom is -0.406 e. The standard InChI is InChI=1S/C20H20F4N4O2.C2H6.CH4S/c21-12-4-2-5-13(22)16(12)11-3-1-6-14-17(11)18(27-30-14)26-19(29)28-9-7-15(25)20(23,24)8-10-28;2*1-2/h1-6,15,18,27H,7-10,25H2,(H,26,29);1-2H3;2H,1H3/t15-,18?;;/m1../s1. The number of hydrogen-bond acceptors (Lipinski definition) is 5. The van der Waals surface area contributed by atoms with Crippen molar-refractivity contribution in [1.29, 1.82) is 0 Å². The number of urea groups is 1. The van der Waals surface area contributed by atoms with Crippen molar-refractivity contribution in [1.82, 2.24) is 15.7 Å². The van der Waals surface area contributed by atoms with Gasteiger partial charge in [0.15, 0.2) is 5.75 Å². The largest absolute Gasteiger partial charge is 0.406 e. The van der Waals surface area contributed by atoms with E-state index in [1.165, 1.54) is 17.0 Å². The molecular formula is C23H30F4N4O2S. The number of likely N-dealkylation sites (tertiary alicyclic amines) is 1. The smallest absolute Gasteiger partial charge is 0.318 e. The average molecular weight is 503 g/mol. The Kier molecular flexibility index (Phi) is 10.0. The molecule has 2 aromatic rings. The van der Waals surface area contributed by atoms with Crippen molar-refractivity contribution in [3.8, 4) is 16.9 Å². The summed E-state index contributed by atoms with van der Waals surface area (Å²) in [6.45, 7) is 3.89. The summed E-state index contributed by atoms with van der Waals surface area (Å²) < 4.78 is 56.4. The van der Waals surface area contributed by atoms with Gasteiger partial charge in [-0.2, -0.15) is 12.6 Å². The molecule has 1 fully saturated rings. The zero-order chi connectivity index (χ0) is 25.5. The van der Waals surface area contributed by atoms with E-state index in [-0.39, 0.29) is 30.6 Å². The quantitative estimate of drug-likeness (QED) is 0.349. The number of benzene rings is 2. The number of carbonyl (C=O) groups is 1. The first-order valence-corrected chi connectivity index (χ1v) is 11.8. The summed E-state index contributed by atoms with van der Waals surface area (Å²) in [5.74, 6) is -4.27. The first-order valence-electron chi connectivity index (χ1n) is 10.9. The van der Waals surface area contributed by atoms with Gasteiger partial charge in [-0.15, -0.1) is 5.48 Å². The minimum atomic E-state index is -3.05. The predicted octanol–water partition coefficient (Wildman–Crippen LogP) is 4.87. The molecule has 0 spiro atoms. The van der Waals surface area contributed by atoms with Crippen LogP contribution in [0.4, 0.5) is 22.4 Å². The molecule has 34 heavy (non-hydrogen) atoms. The summed E-state index contributed by atoms with van der Waals surface area (Å²) >= 11 is 3.53. The van der Waals surface area contributed by atoms with Crippen LogP contribution in [0.15, 0.2) is 36.4 Å². The minimum absolute atomic E-state index is 0.0444. The molecule has 0 aliphatic carbocycles. The van der Waals surface area contributed by atoms with Crippen LogP contribution in [0.1, 0.15) is 38.4 Å². The number of alkyl halides is 2. The van der Waals surface area contributed by atoms with Gasteiger partial charge in [-0.1, -0.05) is 32.0 Å². The third-order valence-electron chi connectivity index (χ3n) is 5.40. The second-order valence-corrected chi connectivity index (χ2v) is 7.31. The van der Waals surface area contributed by atoms with Gasteiger partial charge in [0, 0.05) is 25.1 Å². The van der Waals surface area contributed by atoms with Gasteiger partial charge < -0.3 is 20.8 Å². The van der Waals surface area contributed by atoms with Crippen LogP contribution in [-0.4, -0.2) is 42.2 Å². The fourth-order valence-corrected chi connectivity index (χ4v) is 3.69. The molecule has 2 aromatic carbocycles. The Labute approximate surface area is 202 Å². The van der Waals surface area contributed by atoms with Crippen molar-refractivity contribution in [3.63, 3.8) is 0 Å². The highest BCUT2D eigenvalue weighted by Crippen LogP contribution is 2.40. The Bertz CT molecular complexity index is 960. The van der Waals surface area contributed by atoms with Crippen LogP contribution < -0.4 is 21.4 Å². The Morgan fingerprint density at radius 3 is 2.41 bits per heavy atom. The van der Waals surface area contributed by atoms with E-state index in [2.05, 4.69) is 23.4 Å². The maximum absolute atomic E-state index is 14.4. The SMILES string of the molecule is CC.CS.N[C@@H]1CCN(C(=O)NC2NOc3cccc(-c4c(F)cccc4F)c32)CCC1(F)F. The highest BCUT2D eigenvalue weighted by molar-refractivity contribution is 7.79. The number of hydrogen-bond donors (Lipinski definition) is 4. The lowest BCUT2D eigenvalue weighted by Gasteiger charge is -2.23. The van der Waals surface area contributed by atoms with E-state index in [4.69, 9.17) is 10.6 Å². The maximum Gasteiger partial charge on any atom is 0.318 e. The van der Waals surface area contributed by atoms with Gasteiger partial charge in [0.25, 0.3) is 5.92 Å². The molecule has 4 N–H and O–H groups in total. The lowest BCUT2D eigenvalue weighted by Crippen LogP contribution is -2.45. The van der Waals surface area contributed by atoms with Crippen LogP contribution in [0.2, 0.25) is 0 Å². The van der Waals surface area contributed by atoms with Crippen molar-refractivity contribution in [3.05, 3.63) is 53.6 Å². The van der Waals surface area contributed by atoms with Gasteiger partial charge in [0.2, 0.25) is 0 Å². The normalized spacial score (nSPS) is 20.4. The Morgan fingerprint density at radius 2 is 1.76 bits per heavy atom. The summed E-state index contributed by atoms with van der Waals surface area (Å²) in [5.41, 5.74) is 8.41. The highest BCUT2D eigenvalue weighted by atomic mass is 32.1. The summed E-state index contributed by atoms with van der Waals surface area (Å²) in [7, 11) is 0. The third-order valence-corrected chi connectivity index (χ3v) is 5.40. The van der Waals surface area contributed by atoms with Gasteiger partial charge in [0.1, 0.15) is 17.8 Å². The molecular weight excluding hydrogens is 472 g/mol. The van der Waals surface area contributed by atoms with Crippen molar-refractivity contribution >= 4 is 18.7 Å². The number of amides is 2. The number of thiol groups is 1. The number of nitrogens with one attached hydrogen (secondary N) is 2. The number of fused-ring (bicyclic) bond motifs is 1. The van der Waals surface area contributed by atoms with Gasteiger partial charge in [-0.25, -0.2) is 22.4 Å². The first-order chi connectivity index (χ1) is 16.3. The van der Waals surface area contributed by atoms with Crippen LogP contribution in [0.25, 0.3) is 11.1 Å². The van der Waals surface area contributed by atoms with E-state index in [1.54, 1.807) is 18.4 Å². The van der Waals surface area contributed by atoms with Crippen LogP contribution in [0.3, 0.4) is 0 Å². The molecule has 4 rings (SSSR count).